The molecule has 3 amide bonds. The molecule has 0 spiro atoms. The summed E-state index contributed by atoms with van der Waals surface area (Å²) in [5, 5.41) is 9.08. The number of benzene rings is 3. The van der Waals surface area contributed by atoms with Crippen molar-refractivity contribution < 1.29 is 41.8 Å². The number of nitrogens with zero attached hydrogens (tertiary/aromatic N) is 3. The molecule has 3 aromatic carbocycles. The van der Waals surface area contributed by atoms with Crippen molar-refractivity contribution in [1.82, 2.24) is 15.1 Å². The summed E-state index contributed by atoms with van der Waals surface area (Å²) in [7, 11) is 1.36. The molecule has 3 heterocycles. The van der Waals surface area contributed by atoms with Crippen LogP contribution < -0.4 is 29.7 Å². The van der Waals surface area contributed by atoms with E-state index in [9.17, 15) is 27.6 Å². The smallest absolute Gasteiger partial charge is 0.435 e. The van der Waals surface area contributed by atoms with Gasteiger partial charge in [0, 0.05) is 29.5 Å². The van der Waals surface area contributed by atoms with Crippen LogP contribution in [0.4, 0.5) is 24.5 Å². The van der Waals surface area contributed by atoms with Crippen molar-refractivity contribution in [2.24, 2.45) is 0 Å². The number of methoxy groups -OCH3 is 1. The van der Waals surface area contributed by atoms with Gasteiger partial charge in [0.05, 0.1) is 18.4 Å². The first kappa shape index (κ1) is 29.5. The van der Waals surface area contributed by atoms with Gasteiger partial charge in [0.15, 0.2) is 17.2 Å². The fourth-order valence-corrected chi connectivity index (χ4v) is 5.19. The SMILES string of the molecule is COc1ccc(-n2nc(C(F)(F)F)c3c2C(=O)N(c2ccccc2)CC3)c(C(=O)N[C@H](C)C(=O)Nc2ccc3c(c2)OCO3)c1. The zero-order chi connectivity index (χ0) is 31.9. The molecule has 2 N–H and O–H groups in total. The number of rotatable bonds is 7. The summed E-state index contributed by atoms with van der Waals surface area (Å²) in [6.07, 6.45) is -4.97. The Labute approximate surface area is 254 Å². The number of anilines is 2. The van der Waals surface area contributed by atoms with E-state index in [0.717, 1.165) is 4.68 Å². The maximum Gasteiger partial charge on any atom is 0.435 e. The van der Waals surface area contributed by atoms with Gasteiger partial charge in [0.25, 0.3) is 11.8 Å². The lowest BCUT2D eigenvalue weighted by atomic mass is 10.0. The molecule has 0 fully saturated rings. The van der Waals surface area contributed by atoms with Crippen LogP contribution in [0.3, 0.4) is 0 Å². The van der Waals surface area contributed by atoms with Crippen LogP contribution in [0.25, 0.3) is 5.69 Å². The number of halogens is 3. The summed E-state index contributed by atoms with van der Waals surface area (Å²) < 4.78 is 59.3. The second kappa shape index (κ2) is 11.5. The maximum atomic E-state index is 14.2. The molecule has 2 aliphatic rings. The van der Waals surface area contributed by atoms with E-state index in [4.69, 9.17) is 14.2 Å². The average Bonchev–Trinajstić information content (AvgIpc) is 3.66. The van der Waals surface area contributed by atoms with E-state index >= 15 is 0 Å². The Balaban J connectivity index is 1.34. The molecule has 2 aliphatic heterocycles. The molecule has 11 nitrogen and oxygen atoms in total. The number of amides is 3. The number of hydrogen-bond donors (Lipinski definition) is 2. The molecule has 1 atom stereocenters. The number of carbonyl (C=O) groups is 3. The predicted molar refractivity (Wildman–Crippen MR) is 155 cm³/mol. The van der Waals surface area contributed by atoms with E-state index in [2.05, 4.69) is 15.7 Å². The third-order valence-electron chi connectivity index (χ3n) is 7.41. The van der Waals surface area contributed by atoms with Gasteiger partial charge in [-0.05, 0) is 55.8 Å². The second-order valence-electron chi connectivity index (χ2n) is 10.3. The van der Waals surface area contributed by atoms with E-state index < -0.39 is 35.6 Å². The maximum absolute atomic E-state index is 14.2. The monoisotopic (exact) mass is 621 g/mol. The van der Waals surface area contributed by atoms with Crippen LogP contribution in [0.15, 0.2) is 66.7 Å². The molecule has 0 unspecified atom stereocenters. The predicted octanol–water partition coefficient (Wildman–Crippen LogP) is 4.59. The summed E-state index contributed by atoms with van der Waals surface area (Å²) in [5.41, 5.74) is -1.16. The highest BCUT2D eigenvalue weighted by Crippen LogP contribution is 2.38. The number of alkyl halides is 3. The molecule has 0 radical (unpaired) electrons. The van der Waals surface area contributed by atoms with Crippen LogP contribution in [0, 0.1) is 0 Å². The highest BCUT2D eigenvalue weighted by Gasteiger charge is 2.43. The van der Waals surface area contributed by atoms with E-state index in [1.807, 2.05) is 0 Å². The van der Waals surface area contributed by atoms with E-state index in [1.54, 1.807) is 48.5 Å². The van der Waals surface area contributed by atoms with E-state index in [1.165, 1.54) is 37.1 Å². The van der Waals surface area contributed by atoms with Crippen molar-refractivity contribution in [3.05, 3.63) is 89.2 Å². The van der Waals surface area contributed by atoms with Crippen molar-refractivity contribution in [2.75, 3.05) is 30.7 Å². The van der Waals surface area contributed by atoms with Crippen LogP contribution >= 0.6 is 0 Å². The Morgan fingerprint density at radius 1 is 1.02 bits per heavy atom. The van der Waals surface area contributed by atoms with Gasteiger partial charge < -0.3 is 29.7 Å². The molecule has 232 valence electrons. The second-order valence-corrected chi connectivity index (χ2v) is 10.3. The molecular weight excluding hydrogens is 595 g/mol. The van der Waals surface area contributed by atoms with Gasteiger partial charge in [0.1, 0.15) is 17.5 Å². The summed E-state index contributed by atoms with van der Waals surface area (Å²) in [4.78, 5) is 41.7. The minimum atomic E-state index is -4.86. The van der Waals surface area contributed by atoms with Gasteiger partial charge in [0.2, 0.25) is 12.7 Å². The standard InChI is InChI=1S/C31H26F3N5O6/c1-17(28(40)36-18-8-11-24-25(14-18)45-16-44-24)35-29(41)22-15-20(43-2)9-10-23(22)39-26-21(27(37-39)31(32,33)34)12-13-38(30(26)42)19-6-4-3-5-7-19/h3-11,14-15,17H,12-13,16H2,1-2H3,(H,35,41)(H,36,40)/t17-/m1/s1. The van der Waals surface area contributed by atoms with Crippen LogP contribution in [0.2, 0.25) is 0 Å². The molecule has 0 bridgehead atoms. The van der Waals surface area contributed by atoms with Gasteiger partial charge in [-0.2, -0.15) is 18.3 Å². The number of para-hydroxylation sites is 1. The molecule has 0 saturated carbocycles. The summed E-state index contributed by atoms with van der Waals surface area (Å²) >= 11 is 0. The molecular formula is C31H26F3N5O6. The first-order valence-electron chi connectivity index (χ1n) is 13.8. The van der Waals surface area contributed by atoms with Crippen molar-refractivity contribution in [2.45, 2.75) is 25.6 Å². The average molecular weight is 622 g/mol. The highest BCUT2D eigenvalue weighted by molar-refractivity contribution is 6.08. The van der Waals surface area contributed by atoms with Crippen molar-refractivity contribution in [3.63, 3.8) is 0 Å². The van der Waals surface area contributed by atoms with Crippen molar-refractivity contribution >= 4 is 29.1 Å². The first-order valence-corrected chi connectivity index (χ1v) is 13.8. The fourth-order valence-electron chi connectivity index (χ4n) is 5.19. The minimum absolute atomic E-state index is 0.0105. The van der Waals surface area contributed by atoms with Gasteiger partial charge in [-0.15, -0.1) is 0 Å². The zero-order valence-electron chi connectivity index (χ0n) is 24.0. The normalized spacial score (nSPS) is 14.5. The molecule has 0 aliphatic carbocycles. The van der Waals surface area contributed by atoms with Crippen LogP contribution in [-0.4, -0.2) is 54.0 Å². The minimum Gasteiger partial charge on any atom is -0.497 e. The van der Waals surface area contributed by atoms with Crippen molar-refractivity contribution in [3.8, 4) is 22.9 Å². The Hall–Kier alpha value is -5.53. The number of carbonyl (C=O) groups excluding carboxylic acids is 3. The summed E-state index contributed by atoms with van der Waals surface area (Å²) in [6, 6.07) is 16.3. The molecule has 6 rings (SSSR count). The topological polar surface area (TPSA) is 124 Å². The lowest BCUT2D eigenvalue weighted by Crippen LogP contribution is -2.42. The van der Waals surface area contributed by atoms with E-state index in [0.29, 0.717) is 22.9 Å². The molecule has 0 saturated heterocycles. The first-order chi connectivity index (χ1) is 21.5. The van der Waals surface area contributed by atoms with E-state index in [-0.39, 0.29) is 48.0 Å². The Morgan fingerprint density at radius 3 is 2.51 bits per heavy atom. The third-order valence-corrected chi connectivity index (χ3v) is 7.41. The summed E-state index contributed by atoms with van der Waals surface area (Å²) in [5.74, 6) is -0.888. The quantitative estimate of drug-likeness (QED) is 0.310. The lowest BCUT2D eigenvalue weighted by Gasteiger charge is -2.28. The number of hydrogen-bond acceptors (Lipinski definition) is 7. The van der Waals surface area contributed by atoms with Crippen molar-refractivity contribution in [1.29, 1.82) is 0 Å². The fraction of sp³-hybridized carbons (Fsp3) is 0.226. The number of aromatic nitrogens is 2. The Kier molecular flexibility index (Phi) is 7.56. The number of nitrogens with one attached hydrogen (secondary N) is 2. The van der Waals surface area contributed by atoms with Crippen LogP contribution in [0.5, 0.6) is 17.2 Å². The zero-order valence-corrected chi connectivity index (χ0v) is 24.0. The van der Waals surface area contributed by atoms with Gasteiger partial charge in [-0.3, -0.25) is 14.4 Å². The highest BCUT2D eigenvalue weighted by atomic mass is 19.4. The molecule has 4 aromatic rings. The molecule has 14 heteroatoms. The third kappa shape index (κ3) is 5.61. The number of fused-ring (bicyclic) bond motifs is 2. The molecule has 45 heavy (non-hydrogen) atoms. The summed E-state index contributed by atoms with van der Waals surface area (Å²) in [6.45, 7) is 1.51. The molecule has 1 aromatic heterocycles. The van der Waals surface area contributed by atoms with Gasteiger partial charge in [-0.1, -0.05) is 18.2 Å². The van der Waals surface area contributed by atoms with Gasteiger partial charge in [-0.25, -0.2) is 4.68 Å². The van der Waals surface area contributed by atoms with Crippen LogP contribution in [-0.2, 0) is 17.4 Å². The Morgan fingerprint density at radius 2 is 1.78 bits per heavy atom. The lowest BCUT2D eigenvalue weighted by molar-refractivity contribution is -0.142. The number of ether oxygens (including phenoxy) is 3. The Bertz CT molecular complexity index is 1810. The largest absolute Gasteiger partial charge is 0.497 e. The van der Waals surface area contributed by atoms with Gasteiger partial charge >= 0.3 is 6.18 Å². The van der Waals surface area contributed by atoms with Crippen LogP contribution in [0.1, 0.15) is 39.0 Å².